The maximum atomic E-state index is 12.5. The number of esters is 1. The van der Waals surface area contributed by atoms with Crippen molar-refractivity contribution in [1.29, 1.82) is 0 Å². The summed E-state index contributed by atoms with van der Waals surface area (Å²) in [5.41, 5.74) is 0. The van der Waals surface area contributed by atoms with Gasteiger partial charge in [-0.1, -0.05) is 359 Å². The fourth-order valence-electron chi connectivity index (χ4n) is 11.5. The predicted molar refractivity (Wildman–Crippen MR) is 347 cm³/mol. The van der Waals surface area contributed by atoms with Gasteiger partial charge in [0.2, 0.25) is 5.91 Å². The molecule has 0 aliphatic heterocycles. The first-order valence-corrected chi connectivity index (χ1v) is 36.1. The molecular weight excluding hydrogens is 971 g/mol. The van der Waals surface area contributed by atoms with Crippen LogP contribution in [0.4, 0.5) is 0 Å². The van der Waals surface area contributed by atoms with Crippen LogP contribution >= 0.6 is 0 Å². The molecule has 0 heterocycles. The topological polar surface area (TPSA) is 95.9 Å². The second-order valence-corrected chi connectivity index (χ2v) is 24.9. The minimum Gasteiger partial charge on any atom is -0.466 e. The van der Waals surface area contributed by atoms with E-state index in [0.29, 0.717) is 19.4 Å². The largest absolute Gasteiger partial charge is 0.466 e. The fraction of sp³-hybridized carbons (Fsp3) is 0.918. The molecule has 2 unspecified atom stereocenters. The smallest absolute Gasteiger partial charge is 0.305 e. The number of rotatable bonds is 68. The molecule has 468 valence electrons. The van der Waals surface area contributed by atoms with Crippen molar-refractivity contribution in [2.45, 2.75) is 418 Å². The molecule has 2 atom stereocenters. The van der Waals surface area contributed by atoms with Gasteiger partial charge in [-0.3, -0.25) is 9.59 Å². The third-order valence-corrected chi connectivity index (χ3v) is 17.0. The van der Waals surface area contributed by atoms with Gasteiger partial charge in [-0.15, -0.1) is 0 Å². The van der Waals surface area contributed by atoms with E-state index in [9.17, 15) is 19.8 Å². The van der Waals surface area contributed by atoms with Crippen LogP contribution in [0.15, 0.2) is 24.3 Å². The third-order valence-electron chi connectivity index (χ3n) is 17.0. The van der Waals surface area contributed by atoms with E-state index in [-0.39, 0.29) is 18.5 Å². The second kappa shape index (κ2) is 68.8. The normalized spacial score (nSPS) is 12.6. The van der Waals surface area contributed by atoms with E-state index in [0.717, 1.165) is 44.9 Å². The molecule has 0 saturated heterocycles. The monoisotopic (exact) mass is 1110 g/mol. The molecule has 0 aliphatic carbocycles. The van der Waals surface area contributed by atoms with Gasteiger partial charge in [-0.25, -0.2) is 0 Å². The lowest BCUT2D eigenvalue weighted by Crippen LogP contribution is -2.45. The molecule has 1 amide bonds. The van der Waals surface area contributed by atoms with Crippen molar-refractivity contribution in [3.8, 4) is 0 Å². The molecule has 0 radical (unpaired) electrons. The lowest BCUT2D eigenvalue weighted by Gasteiger charge is -2.20. The van der Waals surface area contributed by atoms with E-state index in [4.69, 9.17) is 4.74 Å². The van der Waals surface area contributed by atoms with E-state index in [1.807, 2.05) is 6.08 Å². The van der Waals surface area contributed by atoms with Crippen LogP contribution in [0.2, 0.25) is 0 Å². The minimum atomic E-state index is -0.842. The van der Waals surface area contributed by atoms with Crippen LogP contribution in [0, 0.1) is 0 Å². The molecule has 0 spiro atoms. The van der Waals surface area contributed by atoms with Crippen molar-refractivity contribution in [3.63, 3.8) is 0 Å². The number of hydrogen-bond acceptors (Lipinski definition) is 5. The number of amides is 1. The summed E-state index contributed by atoms with van der Waals surface area (Å²) < 4.78 is 5.48. The van der Waals surface area contributed by atoms with Crippen LogP contribution in [-0.4, -0.2) is 47.4 Å². The number of carbonyl (C=O) groups excluding carboxylic acids is 2. The highest BCUT2D eigenvalue weighted by molar-refractivity contribution is 5.76. The molecule has 0 aromatic heterocycles. The Kier molecular flexibility index (Phi) is 67.4. The molecule has 6 nitrogen and oxygen atoms in total. The number of aliphatic hydroxyl groups is 2. The molecule has 0 bridgehead atoms. The summed E-state index contributed by atoms with van der Waals surface area (Å²) in [4.78, 5) is 24.6. The van der Waals surface area contributed by atoms with E-state index >= 15 is 0 Å². The Bertz CT molecular complexity index is 1230. The maximum absolute atomic E-state index is 12.5. The average molecular weight is 1110 g/mol. The summed E-state index contributed by atoms with van der Waals surface area (Å²) in [5.74, 6) is -0.0491. The van der Waals surface area contributed by atoms with Crippen LogP contribution in [-0.2, 0) is 14.3 Å². The molecule has 0 rings (SSSR count). The van der Waals surface area contributed by atoms with E-state index < -0.39 is 12.1 Å². The van der Waals surface area contributed by atoms with Crippen LogP contribution in [0.5, 0.6) is 0 Å². The van der Waals surface area contributed by atoms with Crippen molar-refractivity contribution in [2.24, 2.45) is 0 Å². The highest BCUT2D eigenvalue weighted by atomic mass is 16.5. The average Bonchev–Trinajstić information content (AvgIpc) is 3.45. The van der Waals surface area contributed by atoms with E-state index in [1.165, 1.54) is 334 Å². The zero-order valence-corrected chi connectivity index (χ0v) is 53.6. The van der Waals surface area contributed by atoms with Crippen LogP contribution in [0.1, 0.15) is 406 Å². The van der Waals surface area contributed by atoms with Crippen LogP contribution < -0.4 is 5.32 Å². The van der Waals surface area contributed by atoms with Crippen molar-refractivity contribution in [1.82, 2.24) is 5.32 Å². The first-order chi connectivity index (χ1) is 39.0. The van der Waals surface area contributed by atoms with Gasteiger partial charge in [0.15, 0.2) is 0 Å². The van der Waals surface area contributed by atoms with Crippen LogP contribution in [0.3, 0.4) is 0 Å². The van der Waals surface area contributed by atoms with Gasteiger partial charge >= 0.3 is 5.97 Å². The summed E-state index contributed by atoms with van der Waals surface area (Å²) >= 11 is 0. The Balaban J connectivity index is 3.36. The van der Waals surface area contributed by atoms with Gasteiger partial charge in [0, 0.05) is 12.8 Å². The molecule has 0 aromatic rings. The van der Waals surface area contributed by atoms with E-state index in [2.05, 4.69) is 31.3 Å². The second-order valence-electron chi connectivity index (χ2n) is 24.9. The van der Waals surface area contributed by atoms with Crippen molar-refractivity contribution in [3.05, 3.63) is 24.3 Å². The van der Waals surface area contributed by atoms with Crippen molar-refractivity contribution >= 4 is 11.9 Å². The Hall–Kier alpha value is -1.66. The highest BCUT2D eigenvalue weighted by Crippen LogP contribution is 2.19. The first-order valence-electron chi connectivity index (χ1n) is 36.1. The Labute approximate surface area is 494 Å². The third kappa shape index (κ3) is 65.4. The first kappa shape index (κ1) is 77.3. The number of hydrogen-bond donors (Lipinski definition) is 3. The number of carbonyl (C=O) groups is 2. The summed E-state index contributed by atoms with van der Waals surface area (Å²) in [6, 6.07) is -0.625. The summed E-state index contributed by atoms with van der Waals surface area (Å²) in [7, 11) is 0. The van der Waals surface area contributed by atoms with Gasteiger partial charge in [-0.05, 0) is 57.8 Å². The fourth-order valence-corrected chi connectivity index (χ4v) is 11.5. The van der Waals surface area contributed by atoms with Crippen LogP contribution in [0.25, 0.3) is 0 Å². The highest BCUT2D eigenvalue weighted by Gasteiger charge is 2.18. The Morgan fingerprint density at radius 1 is 0.342 bits per heavy atom. The maximum Gasteiger partial charge on any atom is 0.305 e. The summed E-state index contributed by atoms with van der Waals surface area (Å²) in [5, 5.41) is 23.2. The summed E-state index contributed by atoms with van der Waals surface area (Å²) in [6.45, 7) is 4.93. The number of allylic oxidation sites excluding steroid dienone is 3. The zero-order valence-electron chi connectivity index (χ0n) is 53.6. The molecule has 0 saturated carbocycles. The van der Waals surface area contributed by atoms with Gasteiger partial charge < -0.3 is 20.3 Å². The molecule has 0 fully saturated rings. The molecule has 6 heteroatoms. The molecule has 3 N–H and O–H groups in total. The number of nitrogens with one attached hydrogen (secondary N) is 1. The SMILES string of the molecule is CCCCCC/C=C\CCCCCCCC(=O)OCCCCCCCCCCCCCCCCCCCCCCCCCCCCCCCCC(=O)NC(CO)C(O)/C=C/CCCCCCCCCCCCCCCCCCC. The lowest BCUT2D eigenvalue weighted by molar-refractivity contribution is -0.143. The minimum absolute atomic E-state index is 0.0111. The quantitative estimate of drug-likeness (QED) is 0.0320. The van der Waals surface area contributed by atoms with Gasteiger partial charge in [-0.2, -0.15) is 0 Å². The molecule has 0 aliphatic rings. The van der Waals surface area contributed by atoms with Gasteiger partial charge in [0.25, 0.3) is 0 Å². The molecule has 79 heavy (non-hydrogen) atoms. The van der Waals surface area contributed by atoms with Gasteiger partial charge in [0.1, 0.15) is 0 Å². The lowest BCUT2D eigenvalue weighted by atomic mass is 10.0. The predicted octanol–water partition coefficient (Wildman–Crippen LogP) is 23.3. The number of unbranched alkanes of at least 4 members (excludes halogenated alkanes) is 55. The molecular formula is C73H141NO5. The zero-order chi connectivity index (χ0) is 57.1. The summed E-state index contributed by atoms with van der Waals surface area (Å²) in [6.07, 6.45) is 87.0. The van der Waals surface area contributed by atoms with Gasteiger partial charge in [0.05, 0.1) is 25.4 Å². The standard InChI is InChI=1S/C73H141NO5/c1-3-5-7-9-11-13-15-17-18-19-32-35-38-42-45-49-53-57-61-65-71(76)70(69-75)74-72(77)66-62-58-54-50-46-43-39-36-33-30-28-26-24-22-20-21-23-25-27-29-31-34-37-40-44-48-52-56-60-64-68-79-73(78)67-63-59-55-51-47-41-16-14-12-10-8-6-4-2/h14,16,61,65,70-71,75-76H,3-13,15,17-60,62-64,66-69H2,1-2H3,(H,74,77)/b16-14-,65-61+. The Morgan fingerprint density at radius 3 is 0.911 bits per heavy atom. The number of aliphatic hydroxyl groups excluding tert-OH is 2. The van der Waals surface area contributed by atoms with E-state index in [1.54, 1.807) is 6.08 Å². The number of ether oxygens (including phenoxy) is 1. The molecule has 0 aromatic carbocycles. The van der Waals surface area contributed by atoms with Crippen molar-refractivity contribution in [2.75, 3.05) is 13.2 Å². The Morgan fingerprint density at radius 2 is 0.595 bits per heavy atom. The van der Waals surface area contributed by atoms with Crippen molar-refractivity contribution < 1.29 is 24.5 Å².